The average Bonchev–Trinajstić information content (AvgIpc) is 2.65. The quantitative estimate of drug-likeness (QED) is 0.875. The lowest BCUT2D eigenvalue weighted by molar-refractivity contribution is 0.159. The molecular formula is C13H15Cl2N3O3S. The van der Waals surface area contributed by atoms with Crippen LogP contribution < -0.4 is 4.72 Å². The largest absolute Gasteiger partial charge is 0.352 e. The molecule has 0 radical (unpaired) electrons. The highest BCUT2D eigenvalue weighted by Gasteiger charge is 2.38. The normalized spacial score (nSPS) is 17.3. The van der Waals surface area contributed by atoms with Gasteiger partial charge in [-0.05, 0) is 32.9 Å². The standard InChI is InChI=1S/C13H15Cl2N3O3S/c1-8-7-13(2,3)18(16-8)12(19)17-22(20,21)10-6-4-5-9(14)11(10)15/h4-6H,7H2,1-3H3,(H,17,19). The first-order chi connectivity index (χ1) is 10.0. The van der Waals surface area contributed by atoms with Crippen molar-refractivity contribution < 1.29 is 13.2 Å². The van der Waals surface area contributed by atoms with Crippen LogP contribution in [-0.2, 0) is 10.0 Å². The summed E-state index contributed by atoms with van der Waals surface area (Å²) in [5.41, 5.74) is 0.153. The number of carbonyl (C=O) groups excluding carboxylic acids is 1. The second kappa shape index (κ2) is 5.72. The fourth-order valence-corrected chi connectivity index (χ4v) is 3.96. The van der Waals surface area contributed by atoms with E-state index in [0.717, 1.165) is 10.7 Å². The van der Waals surface area contributed by atoms with E-state index in [2.05, 4.69) is 5.10 Å². The number of benzene rings is 1. The van der Waals surface area contributed by atoms with Crippen LogP contribution in [0.5, 0.6) is 0 Å². The maximum absolute atomic E-state index is 12.3. The third kappa shape index (κ3) is 3.21. The molecule has 1 aliphatic heterocycles. The first-order valence-electron chi connectivity index (χ1n) is 6.40. The van der Waals surface area contributed by atoms with Crippen molar-refractivity contribution in [1.29, 1.82) is 0 Å². The molecule has 6 nitrogen and oxygen atoms in total. The summed E-state index contributed by atoms with van der Waals surface area (Å²) < 4.78 is 26.6. The van der Waals surface area contributed by atoms with Crippen molar-refractivity contribution in [3.05, 3.63) is 28.2 Å². The van der Waals surface area contributed by atoms with E-state index >= 15 is 0 Å². The Morgan fingerprint density at radius 1 is 1.36 bits per heavy atom. The maximum atomic E-state index is 12.3. The Morgan fingerprint density at radius 3 is 2.55 bits per heavy atom. The number of hydrogen-bond acceptors (Lipinski definition) is 4. The van der Waals surface area contributed by atoms with Gasteiger partial charge in [0, 0.05) is 12.1 Å². The highest BCUT2D eigenvalue weighted by atomic mass is 35.5. The summed E-state index contributed by atoms with van der Waals surface area (Å²) in [7, 11) is -4.14. The van der Waals surface area contributed by atoms with Crippen molar-refractivity contribution >= 4 is 45.0 Å². The topological polar surface area (TPSA) is 78.8 Å². The van der Waals surface area contributed by atoms with Gasteiger partial charge in [0.15, 0.2) is 0 Å². The van der Waals surface area contributed by atoms with Crippen molar-refractivity contribution in [2.24, 2.45) is 5.10 Å². The van der Waals surface area contributed by atoms with Gasteiger partial charge in [-0.25, -0.2) is 22.9 Å². The summed E-state index contributed by atoms with van der Waals surface area (Å²) in [6, 6.07) is 3.34. The Kier molecular flexibility index (Phi) is 4.43. The van der Waals surface area contributed by atoms with Gasteiger partial charge in [0.05, 0.1) is 15.6 Å². The average molecular weight is 364 g/mol. The predicted molar refractivity (Wildman–Crippen MR) is 85.8 cm³/mol. The molecule has 120 valence electrons. The first-order valence-corrected chi connectivity index (χ1v) is 8.63. The summed E-state index contributed by atoms with van der Waals surface area (Å²) in [6.07, 6.45) is 0.568. The zero-order valence-corrected chi connectivity index (χ0v) is 14.6. The van der Waals surface area contributed by atoms with Crippen molar-refractivity contribution in [3.63, 3.8) is 0 Å². The number of rotatable bonds is 2. The zero-order chi connectivity index (χ0) is 16.7. The van der Waals surface area contributed by atoms with Gasteiger partial charge >= 0.3 is 6.03 Å². The Bertz CT molecular complexity index is 760. The second-order valence-electron chi connectivity index (χ2n) is 5.60. The van der Waals surface area contributed by atoms with E-state index in [1.54, 1.807) is 20.8 Å². The minimum atomic E-state index is -4.14. The van der Waals surface area contributed by atoms with E-state index in [9.17, 15) is 13.2 Å². The van der Waals surface area contributed by atoms with Crippen LogP contribution in [0.25, 0.3) is 0 Å². The fourth-order valence-electron chi connectivity index (χ4n) is 2.27. The zero-order valence-electron chi connectivity index (χ0n) is 12.2. The number of carbonyl (C=O) groups is 1. The van der Waals surface area contributed by atoms with Gasteiger partial charge in [-0.2, -0.15) is 5.10 Å². The molecule has 1 N–H and O–H groups in total. The van der Waals surface area contributed by atoms with Crippen LogP contribution >= 0.6 is 23.2 Å². The molecule has 0 aliphatic carbocycles. The van der Waals surface area contributed by atoms with Crippen molar-refractivity contribution in [2.45, 2.75) is 37.6 Å². The van der Waals surface area contributed by atoms with Gasteiger partial charge in [0.1, 0.15) is 4.90 Å². The molecule has 1 aromatic rings. The molecule has 0 saturated carbocycles. The number of amides is 2. The molecule has 9 heteroatoms. The molecule has 0 unspecified atom stereocenters. The van der Waals surface area contributed by atoms with Crippen LogP contribution in [-0.4, -0.2) is 30.7 Å². The molecule has 0 bridgehead atoms. The molecule has 2 rings (SSSR count). The number of sulfonamides is 1. The van der Waals surface area contributed by atoms with Gasteiger partial charge in [-0.3, -0.25) is 0 Å². The number of nitrogens with zero attached hydrogens (tertiary/aromatic N) is 2. The lowest BCUT2D eigenvalue weighted by atomic mass is 9.99. The molecule has 0 fully saturated rings. The van der Waals surface area contributed by atoms with Gasteiger partial charge in [-0.15, -0.1) is 0 Å². The Labute approximate surface area is 139 Å². The van der Waals surface area contributed by atoms with E-state index in [0.29, 0.717) is 6.42 Å². The Morgan fingerprint density at radius 2 is 2.00 bits per heavy atom. The summed E-state index contributed by atoms with van der Waals surface area (Å²) in [4.78, 5) is 12.0. The Hall–Kier alpha value is -1.31. The first kappa shape index (κ1) is 17.1. The third-order valence-corrected chi connectivity index (χ3v) is 5.45. The van der Waals surface area contributed by atoms with E-state index in [1.807, 2.05) is 4.72 Å². The molecule has 1 aromatic carbocycles. The smallest absolute Gasteiger partial charge is 0.245 e. The molecule has 1 aliphatic rings. The lowest BCUT2D eigenvalue weighted by Crippen LogP contribution is -2.47. The van der Waals surface area contributed by atoms with Crippen LogP contribution in [0, 0.1) is 0 Å². The van der Waals surface area contributed by atoms with E-state index in [1.165, 1.54) is 18.2 Å². The van der Waals surface area contributed by atoms with Crippen molar-refractivity contribution in [1.82, 2.24) is 9.73 Å². The molecule has 22 heavy (non-hydrogen) atoms. The summed E-state index contributed by atoms with van der Waals surface area (Å²) in [6.45, 7) is 5.37. The summed E-state index contributed by atoms with van der Waals surface area (Å²) in [5.74, 6) is 0. The van der Waals surface area contributed by atoms with Crippen LogP contribution in [0.1, 0.15) is 27.2 Å². The van der Waals surface area contributed by atoms with E-state index in [-0.39, 0.29) is 14.9 Å². The van der Waals surface area contributed by atoms with Crippen LogP contribution in [0.2, 0.25) is 10.0 Å². The molecular weight excluding hydrogens is 349 g/mol. The summed E-state index contributed by atoms with van der Waals surface area (Å²) >= 11 is 11.7. The van der Waals surface area contributed by atoms with Crippen LogP contribution in [0.4, 0.5) is 4.79 Å². The molecule has 0 spiro atoms. The van der Waals surface area contributed by atoms with Crippen LogP contribution in [0.3, 0.4) is 0 Å². The number of hydrazone groups is 1. The highest BCUT2D eigenvalue weighted by Crippen LogP contribution is 2.30. The van der Waals surface area contributed by atoms with E-state index in [4.69, 9.17) is 23.2 Å². The number of urea groups is 1. The molecule has 1 heterocycles. The number of hydrogen-bond donors (Lipinski definition) is 1. The fraction of sp³-hybridized carbons (Fsp3) is 0.385. The second-order valence-corrected chi connectivity index (χ2v) is 8.03. The highest BCUT2D eigenvalue weighted by molar-refractivity contribution is 7.90. The number of nitrogens with one attached hydrogen (secondary N) is 1. The molecule has 0 saturated heterocycles. The van der Waals surface area contributed by atoms with Gasteiger partial charge in [-0.1, -0.05) is 29.3 Å². The molecule has 2 amide bonds. The number of halogens is 2. The van der Waals surface area contributed by atoms with Gasteiger partial charge in [0.25, 0.3) is 10.0 Å². The van der Waals surface area contributed by atoms with Crippen LogP contribution in [0.15, 0.2) is 28.2 Å². The maximum Gasteiger partial charge on any atom is 0.352 e. The van der Waals surface area contributed by atoms with Crippen molar-refractivity contribution in [3.8, 4) is 0 Å². The monoisotopic (exact) mass is 363 g/mol. The Balaban J connectivity index is 2.30. The molecule has 0 atom stereocenters. The molecule has 0 aromatic heterocycles. The van der Waals surface area contributed by atoms with Gasteiger partial charge < -0.3 is 0 Å². The third-order valence-electron chi connectivity index (χ3n) is 3.15. The minimum Gasteiger partial charge on any atom is -0.245 e. The van der Waals surface area contributed by atoms with Crippen molar-refractivity contribution in [2.75, 3.05) is 0 Å². The summed E-state index contributed by atoms with van der Waals surface area (Å²) in [5, 5.41) is 5.15. The van der Waals surface area contributed by atoms with E-state index < -0.39 is 21.6 Å². The van der Waals surface area contributed by atoms with Gasteiger partial charge in [0.2, 0.25) is 0 Å². The minimum absolute atomic E-state index is 0.0901. The lowest BCUT2D eigenvalue weighted by Gasteiger charge is -2.28. The predicted octanol–water partition coefficient (Wildman–Crippen LogP) is 3.25. The SMILES string of the molecule is CC1=NN(C(=O)NS(=O)(=O)c2cccc(Cl)c2Cl)C(C)(C)C1.